The topological polar surface area (TPSA) is 49.9 Å². The van der Waals surface area contributed by atoms with E-state index in [0.717, 1.165) is 28.1 Å². The van der Waals surface area contributed by atoms with Crippen molar-refractivity contribution in [1.82, 2.24) is 0 Å². The van der Waals surface area contributed by atoms with Crippen LogP contribution in [0.4, 0.5) is 11.4 Å². The first kappa shape index (κ1) is 21.4. The highest BCUT2D eigenvalue weighted by atomic mass is 16.5. The third kappa shape index (κ3) is 4.01. The molecule has 0 aromatic heterocycles. The lowest BCUT2D eigenvalue weighted by atomic mass is 10.0. The Labute approximate surface area is 178 Å². The van der Waals surface area contributed by atoms with Crippen molar-refractivity contribution in [3.8, 4) is 0 Å². The number of hydrogen-bond donors (Lipinski definition) is 0. The van der Waals surface area contributed by atoms with Crippen molar-refractivity contribution in [3.63, 3.8) is 0 Å². The van der Waals surface area contributed by atoms with Gasteiger partial charge in [-0.3, -0.25) is 9.69 Å². The van der Waals surface area contributed by atoms with Crippen LogP contribution >= 0.6 is 0 Å². The Morgan fingerprint density at radius 3 is 2.27 bits per heavy atom. The Morgan fingerprint density at radius 1 is 1.03 bits per heavy atom. The number of benzene rings is 2. The third-order valence-electron chi connectivity index (χ3n) is 5.35. The van der Waals surface area contributed by atoms with E-state index >= 15 is 0 Å². The molecule has 2 aromatic rings. The van der Waals surface area contributed by atoms with Crippen LogP contribution in [0.15, 0.2) is 59.3 Å². The Morgan fingerprint density at radius 2 is 1.70 bits per heavy atom. The zero-order chi connectivity index (χ0) is 22.0. The van der Waals surface area contributed by atoms with Gasteiger partial charge in [0.05, 0.1) is 17.8 Å². The summed E-state index contributed by atoms with van der Waals surface area (Å²) < 4.78 is 5.27. The molecule has 0 saturated heterocycles. The van der Waals surface area contributed by atoms with Crippen molar-refractivity contribution in [1.29, 1.82) is 0 Å². The van der Waals surface area contributed by atoms with Crippen LogP contribution in [0.5, 0.6) is 0 Å². The predicted molar refractivity (Wildman–Crippen MR) is 121 cm³/mol. The van der Waals surface area contributed by atoms with Crippen molar-refractivity contribution in [2.45, 2.75) is 27.7 Å². The van der Waals surface area contributed by atoms with Gasteiger partial charge in [-0.2, -0.15) is 0 Å². The summed E-state index contributed by atoms with van der Waals surface area (Å²) in [6.07, 6.45) is 1.76. The summed E-state index contributed by atoms with van der Waals surface area (Å²) in [6, 6.07) is 13.7. The van der Waals surface area contributed by atoms with Gasteiger partial charge in [0.25, 0.3) is 5.91 Å². The van der Waals surface area contributed by atoms with Gasteiger partial charge in [0.15, 0.2) is 0 Å². The fraction of sp³-hybridized carbons (Fsp3) is 0.280. The van der Waals surface area contributed by atoms with Gasteiger partial charge in [0, 0.05) is 31.2 Å². The molecular weight excluding hydrogens is 376 g/mol. The van der Waals surface area contributed by atoms with E-state index in [1.54, 1.807) is 24.8 Å². The number of nitrogens with zero attached hydrogens (tertiary/aromatic N) is 2. The molecule has 1 amide bonds. The molecule has 30 heavy (non-hydrogen) atoms. The van der Waals surface area contributed by atoms with Gasteiger partial charge in [-0.25, -0.2) is 4.79 Å². The number of aryl methyl sites for hydroxylation is 2. The maximum absolute atomic E-state index is 13.4. The Bertz CT molecular complexity index is 1050. The summed E-state index contributed by atoms with van der Waals surface area (Å²) in [7, 11) is 3.95. The molecule has 156 valence electrons. The van der Waals surface area contributed by atoms with Gasteiger partial charge in [-0.1, -0.05) is 18.2 Å². The van der Waals surface area contributed by atoms with E-state index in [-0.39, 0.29) is 12.5 Å². The molecule has 0 N–H and O–H groups in total. The predicted octanol–water partition coefficient (Wildman–Crippen LogP) is 4.64. The summed E-state index contributed by atoms with van der Waals surface area (Å²) in [4.78, 5) is 29.8. The van der Waals surface area contributed by atoms with Crippen LogP contribution in [0.1, 0.15) is 30.5 Å². The van der Waals surface area contributed by atoms with Crippen LogP contribution in [0, 0.1) is 13.8 Å². The maximum Gasteiger partial charge on any atom is 0.340 e. The van der Waals surface area contributed by atoms with Gasteiger partial charge < -0.3 is 9.64 Å². The summed E-state index contributed by atoms with van der Waals surface area (Å²) >= 11 is 0. The van der Waals surface area contributed by atoms with Crippen LogP contribution in [-0.4, -0.2) is 32.6 Å². The second-order valence-corrected chi connectivity index (χ2v) is 7.63. The minimum atomic E-state index is -0.481. The maximum atomic E-state index is 13.4. The minimum Gasteiger partial charge on any atom is -0.462 e. The first-order valence-electron chi connectivity index (χ1n) is 10.0. The molecule has 2 aromatic carbocycles. The Balaban J connectivity index is 2.10. The van der Waals surface area contributed by atoms with Crippen molar-refractivity contribution in [2.75, 3.05) is 30.5 Å². The summed E-state index contributed by atoms with van der Waals surface area (Å²) in [5.74, 6) is -0.707. The second kappa shape index (κ2) is 8.57. The molecule has 1 aliphatic rings. The van der Waals surface area contributed by atoms with E-state index in [4.69, 9.17) is 4.74 Å². The molecule has 0 aliphatic carbocycles. The van der Waals surface area contributed by atoms with Crippen molar-refractivity contribution >= 4 is 29.3 Å². The fourth-order valence-corrected chi connectivity index (χ4v) is 3.49. The van der Waals surface area contributed by atoms with Crippen LogP contribution in [0.2, 0.25) is 0 Å². The molecule has 0 spiro atoms. The Hall–Kier alpha value is -3.34. The van der Waals surface area contributed by atoms with Crippen molar-refractivity contribution in [3.05, 3.63) is 76.0 Å². The summed E-state index contributed by atoms with van der Waals surface area (Å²) in [5, 5.41) is 0. The minimum absolute atomic E-state index is 0.226. The van der Waals surface area contributed by atoms with Crippen molar-refractivity contribution in [2.24, 2.45) is 0 Å². The number of anilines is 2. The first-order valence-corrected chi connectivity index (χ1v) is 10.0. The lowest BCUT2D eigenvalue weighted by Gasteiger charge is -2.19. The summed E-state index contributed by atoms with van der Waals surface area (Å²) in [5.41, 5.74) is 6.13. The SMILES string of the molecule is CCOC(=O)C1=C(C)N(c2ccc(C)c(C)c2)C(=O)/C1=C\c1ccc(N(C)C)cc1. The quantitative estimate of drug-likeness (QED) is 0.538. The zero-order valence-corrected chi connectivity index (χ0v) is 18.4. The Kier molecular flexibility index (Phi) is 6.11. The van der Waals surface area contributed by atoms with E-state index in [9.17, 15) is 9.59 Å². The molecule has 1 aliphatic heterocycles. The molecule has 0 saturated carbocycles. The van der Waals surface area contributed by atoms with Crippen molar-refractivity contribution < 1.29 is 14.3 Å². The highest BCUT2D eigenvalue weighted by Gasteiger charge is 2.38. The molecular formula is C25H28N2O3. The molecule has 0 unspecified atom stereocenters. The molecule has 0 bridgehead atoms. The molecule has 5 nitrogen and oxygen atoms in total. The number of allylic oxidation sites excluding steroid dienone is 1. The van der Waals surface area contributed by atoms with Crippen LogP contribution < -0.4 is 9.80 Å². The summed E-state index contributed by atoms with van der Waals surface area (Å²) in [6.45, 7) is 7.83. The molecule has 0 fully saturated rings. The molecule has 0 radical (unpaired) electrons. The molecule has 3 rings (SSSR count). The average molecular weight is 405 g/mol. The first-order chi connectivity index (χ1) is 14.2. The van der Waals surface area contributed by atoms with Crippen LogP contribution in [-0.2, 0) is 14.3 Å². The van der Waals surface area contributed by atoms with E-state index < -0.39 is 5.97 Å². The normalized spacial score (nSPS) is 15.2. The van der Waals surface area contributed by atoms with Gasteiger partial charge in [0.1, 0.15) is 0 Å². The fourth-order valence-electron chi connectivity index (χ4n) is 3.49. The highest BCUT2D eigenvalue weighted by molar-refractivity contribution is 6.23. The number of ether oxygens (including phenoxy) is 1. The van der Waals surface area contributed by atoms with Gasteiger partial charge in [-0.15, -0.1) is 0 Å². The number of hydrogen-bond acceptors (Lipinski definition) is 4. The number of carbonyl (C=O) groups is 2. The van der Waals surface area contributed by atoms with Gasteiger partial charge >= 0.3 is 5.97 Å². The average Bonchev–Trinajstić information content (AvgIpc) is 2.94. The van der Waals surface area contributed by atoms with Crippen LogP contribution in [0.25, 0.3) is 6.08 Å². The van der Waals surface area contributed by atoms with E-state index in [1.165, 1.54) is 0 Å². The van der Waals surface area contributed by atoms with Gasteiger partial charge in [-0.05, 0) is 74.7 Å². The lowest BCUT2D eigenvalue weighted by molar-refractivity contribution is -0.138. The number of carbonyl (C=O) groups excluding carboxylic acids is 2. The smallest absolute Gasteiger partial charge is 0.340 e. The van der Waals surface area contributed by atoms with Gasteiger partial charge in [0.2, 0.25) is 0 Å². The standard InChI is InChI=1S/C25H28N2O3/c1-7-30-25(29)23-18(4)27(21-11-8-16(2)17(3)14-21)24(28)22(23)15-19-9-12-20(13-10-19)26(5)6/h8-15H,7H2,1-6H3/b22-15-. The van der Waals surface area contributed by atoms with Crippen LogP contribution in [0.3, 0.4) is 0 Å². The highest BCUT2D eigenvalue weighted by Crippen LogP contribution is 2.36. The third-order valence-corrected chi connectivity index (χ3v) is 5.35. The number of rotatable bonds is 5. The second-order valence-electron chi connectivity index (χ2n) is 7.63. The van der Waals surface area contributed by atoms with E-state index in [0.29, 0.717) is 16.8 Å². The number of amides is 1. The zero-order valence-electron chi connectivity index (χ0n) is 18.4. The molecule has 5 heteroatoms. The van der Waals surface area contributed by atoms with E-state index in [2.05, 4.69) is 0 Å². The lowest BCUT2D eigenvalue weighted by Crippen LogP contribution is -2.24. The number of esters is 1. The molecule has 1 heterocycles. The van der Waals surface area contributed by atoms with E-state index in [1.807, 2.05) is 75.3 Å². The monoisotopic (exact) mass is 404 g/mol. The molecule has 0 atom stereocenters. The largest absolute Gasteiger partial charge is 0.462 e.